The van der Waals surface area contributed by atoms with Gasteiger partial charge in [-0.25, -0.2) is 0 Å². The fourth-order valence-electron chi connectivity index (χ4n) is 1.13. The summed E-state index contributed by atoms with van der Waals surface area (Å²) in [5.74, 6) is 0.857. The standard InChI is InChI=1S/C9H14N4O2/c1-5(10-2)7(14)11-9-13-12-8(15-9)6-3-4-6/h5-6,10H,3-4H2,1-2H3,(H,11,13,14). The Hall–Kier alpha value is -1.43. The Morgan fingerprint density at radius 1 is 1.53 bits per heavy atom. The number of hydrogen-bond donors (Lipinski definition) is 2. The van der Waals surface area contributed by atoms with Gasteiger partial charge in [0.05, 0.1) is 6.04 Å². The minimum absolute atomic E-state index is 0.177. The molecule has 0 aromatic carbocycles. The van der Waals surface area contributed by atoms with Crippen molar-refractivity contribution in [2.24, 2.45) is 0 Å². The Morgan fingerprint density at radius 2 is 2.27 bits per heavy atom. The molecule has 82 valence electrons. The molecule has 1 fully saturated rings. The van der Waals surface area contributed by atoms with Crippen LogP contribution < -0.4 is 10.6 Å². The summed E-state index contributed by atoms with van der Waals surface area (Å²) in [4.78, 5) is 11.4. The fraction of sp³-hybridized carbons (Fsp3) is 0.667. The summed E-state index contributed by atoms with van der Waals surface area (Å²) in [6.07, 6.45) is 2.20. The Balaban J connectivity index is 1.95. The Labute approximate surface area is 87.4 Å². The first-order chi connectivity index (χ1) is 7.20. The molecule has 6 nitrogen and oxygen atoms in total. The molecule has 0 bridgehead atoms. The van der Waals surface area contributed by atoms with Crippen molar-refractivity contribution >= 4 is 11.9 Å². The van der Waals surface area contributed by atoms with E-state index in [-0.39, 0.29) is 18.0 Å². The monoisotopic (exact) mass is 210 g/mol. The molecule has 1 atom stereocenters. The van der Waals surface area contributed by atoms with E-state index < -0.39 is 0 Å². The van der Waals surface area contributed by atoms with E-state index in [9.17, 15) is 4.79 Å². The highest BCUT2D eigenvalue weighted by molar-refractivity contribution is 5.92. The summed E-state index contributed by atoms with van der Waals surface area (Å²) < 4.78 is 5.29. The van der Waals surface area contributed by atoms with Gasteiger partial charge in [-0.3, -0.25) is 10.1 Å². The zero-order valence-corrected chi connectivity index (χ0v) is 8.78. The Kier molecular flexibility index (Phi) is 2.68. The second-order valence-corrected chi connectivity index (χ2v) is 3.72. The number of nitrogens with zero attached hydrogens (tertiary/aromatic N) is 2. The molecular formula is C9H14N4O2. The molecule has 1 aromatic heterocycles. The molecule has 1 saturated carbocycles. The maximum atomic E-state index is 11.4. The van der Waals surface area contributed by atoms with Crippen molar-refractivity contribution in [2.45, 2.75) is 31.7 Å². The largest absolute Gasteiger partial charge is 0.408 e. The SMILES string of the molecule is CNC(C)C(=O)Nc1nnc(C2CC2)o1. The average Bonchev–Trinajstić information content (AvgIpc) is 2.99. The van der Waals surface area contributed by atoms with Gasteiger partial charge in [-0.2, -0.15) is 0 Å². The highest BCUT2D eigenvalue weighted by Crippen LogP contribution is 2.39. The van der Waals surface area contributed by atoms with Crippen LogP contribution in [0.15, 0.2) is 4.42 Å². The lowest BCUT2D eigenvalue weighted by atomic mass is 10.3. The van der Waals surface area contributed by atoms with Crippen molar-refractivity contribution in [3.8, 4) is 0 Å². The predicted octanol–water partition coefficient (Wildman–Crippen LogP) is 0.493. The third kappa shape index (κ3) is 2.33. The fourth-order valence-corrected chi connectivity index (χ4v) is 1.13. The van der Waals surface area contributed by atoms with Crippen LogP contribution in [0.1, 0.15) is 31.6 Å². The summed E-state index contributed by atoms with van der Waals surface area (Å²) in [6.45, 7) is 1.76. The zero-order valence-electron chi connectivity index (χ0n) is 8.78. The van der Waals surface area contributed by atoms with Crippen molar-refractivity contribution in [2.75, 3.05) is 12.4 Å². The van der Waals surface area contributed by atoms with Gasteiger partial charge in [0.1, 0.15) is 0 Å². The van der Waals surface area contributed by atoms with Gasteiger partial charge in [-0.05, 0) is 26.8 Å². The topological polar surface area (TPSA) is 80.0 Å². The highest BCUT2D eigenvalue weighted by Gasteiger charge is 2.29. The first-order valence-electron chi connectivity index (χ1n) is 5.02. The molecule has 1 aliphatic rings. The molecule has 0 spiro atoms. The van der Waals surface area contributed by atoms with Crippen molar-refractivity contribution in [3.63, 3.8) is 0 Å². The third-order valence-electron chi connectivity index (χ3n) is 2.42. The number of carbonyl (C=O) groups is 1. The van der Waals surface area contributed by atoms with Gasteiger partial charge in [0.15, 0.2) is 0 Å². The molecule has 0 saturated heterocycles. The summed E-state index contributed by atoms with van der Waals surface area (Å²) >= 11 is 0. The van der Waals surface area contributed by atoms with Gasteiger partial charge >= 0.3 is 6.01 Å². The van der Waals surface area contributed by atoms with Crippen LogP contribution in [-0.4, -0.2) is 29.2 Å². The number of anilines is 1. The predicted molar refractivity (Wildman–Crippen MR) is 53.4 cm³/mol. The number of carbonyl (C=O) groups excluding carboxylic acids is 1. The van der Waals surface area contributed by atoms with Crippen LogP contribution in [0.4, 0.5) is 6.01 Å². The molecular weight excluding hydrogens is 196 g/mol. The summed E-state index contributed by atoms with van der Waals surface area (Å²) in [5, 5.41) is 13.0. The zero-order chi connectivity index (χ0) is 10.8. The van der Waals surface area contributed by atoms with Crippen molar-refractivity contribution in [3.05, 3.63) is 5.89 Å². The number of amides is 1. The lowest BCUT2D eigenvalue weighted by Crippen LogP contribution is -2.35. The first-order valence-corrected chi connectivity index (χ1v) is 5.02. The Morgan fingerprint density at radius 3 is 2.87 bits per heavy atom. The molecule has 15 heavy (non-hydrogen) atoms. The molecule has 0 aliphatic heterocycles. The van der Waals surface area contributed by atoms with Gasteiger partial charge in [-0.15, -0.1) is 5.10 Å². The van der Waals surface area contributed by atoms with Gasteiger partial charge in [-0.1, -0.05) is 5.10 Å². The van der Waals surface area contributed by atoms with Crippen LogP contribution in [0.3, 0.4) is 0 Å². The summed E-state index contributed by atoms with van der Waals surface area (Å²) in [7, 11) is 1.72. The lowest BCUT2D eigenvalue weighted by molar-refractivity contribution is -0.117. The minimum atomic E-state index is -0.277. The van der Waals surface area contributed by atoms with E-state index in [1.54, 1.807) is 14.0 Å². The smallest absolute Gasteiger partial charge is 0.322 e. The summed E-state index contributed by atoms with van der Waals surface area (Å²) in [5.41, 5.74) is 0. The van der Waals surface area contributed by atoms with Crippen molar-refractivity contribution < 1.29 is 9.21 Å². The summed E-state index contributed by atoms with van der Waals surface area (Å²) in [6, 6.07) is -0.0923. The van der Waals surface area contributed by atoms with Gasteiger partial charge < -0.3 is 9.73 Å². The van der Waals surface area contributed by atoms with Gasteiger partial charge in [0, 0.05) is 5.92 Å². The second-order valence-electron chi connectivity index (χ2n) is 3.72. The van der Waals surface area contributed by atoms with E-state index in [4.69, 9.17) is 4.42 Å². The first kappa shape index (κ1) is 10.1. The maximum absolute atomic E-state index is 11.4. The molecule has 1 aromatic rings. The number of hydrogen-bond acceptors (Lipinski definition) is 5. The molecule has 2 N–H and O–H groups in total. The van der Waals surface area contributed by atoms with Crippen LogP contribution in [0.2, 0.25) is 0 Å². The normalized spacial score (nSPS) is 17.5. The van der Waals surface area contributed by atoms with Crippen molar-refractivity contribution in [1.82, 2.24) is 15.5 Å². The van der Waals surface area contributed by atoms with Crippen LogP contribution in [-0.2, 0) is 4.79 Å². The van der Waals surface area contributed by atoms with Gasteiger partial charge in [0.2, 0.25) is 11.8 Å². The van der Waals surface area contributed by atoms with E-state index in [1.807, 2.05) is 0 Å². The van der Waals surface area contributed by atoms with Crippen LogP contribution in [0.25, 0.3) is 0 Å². The third-order valence-corrected chi connectivity index (χ3v) is 2.42. The molecule has 2 rings (SSSR count). The maximum Gasteiger partial charge on any atom is 0.322 e. The van der Waals surface area contributed by atoms with E-state index in [0.717, 1.165) is 12.8 Å². The molecule has 0 radical (unpaired) electrons. The molecule has 1 amide bonds. The van der Waals surface area contributed by atoms with E-state index in [1.165, 1.54) is 0 Å². The van der Waals surface area contributed by atoms with Crippen LogP contribution in [0, 0.1) is 0 Å². The van der Waals surface area contributed by atoms with E-state index >= 15 is 0 Å². The molecule has 6 heteroatoms. The number of rotatable bonds is 4. The number of nitrogens with one attached hydrogen (secondary N) is 2. The average molecular weight is 210 g/mol. The van der Waals surface area contributed by atoms with Gasteiger partial charge in [0.25, 0.3) is 0 Å². The van der Waals surface area contributed by atoms with Crippen LogP contribution in [0.5, 0.6) is 0 Å². The lowest BCUT2D eigenvalue weighted by Gasteiger charge is -2.07. The van der Waals surface area contributed by atoms with Crippen molar-refractivity contribution in [1.29, 1.82) is 0 Å². The Bertz CT molecular complexity index is 359. The number of aromatic nitrogens is 2. The number of likely N-dealkylation sites (N-methyl/N-ethyl adjacent to an activating group) is 1. The quantitative estimate of drug-likeness (QED) is 0.756. The molecule has 1 unspecified atom stereocenters. The minimum Gasteiger partial charge on any atom is -0.408 e. The second kappa shape index (κ2) is 3.98. The highest BCUT2D eigenvalue weighted by atomic mass is 16.4. The van der Waals surface area contributed by atoms with E-state index in [2.05, 4.69) is 20.8 Å². The van der Waals surface area contributed by atoms with Crippen LogP contribution >= 0.6 is 0 Å². The van der Waals surface area contributed by atoms with E-state index in [0.29, 0.717) is 11.8 Å². The molecule has 1 aliphatic carbocycles. The molecule has 1 heterocycles.